The van der Waals surface area contributed by atoms with Crippen molar-refractivity contribution in [1.82, 2.24) is 0 Å². The molecule has 0 heterocycles. The smallest absolute Gasteiger partial charge is 0.122 e. The zero-order valence-electron chi connectivity index (χ0n) is 7.72. The second kappa shape index (κ2) is 4.65. The van der Waals surface area contributed by atoms with E-state index in [1.807, 2.05) is 18.2 Å². The second-order valence-electron chi connectivity index (χ2n) is 3.07. The SMILES string of the molecule is [CH2]CCCc1cccc(C(=N)N)c1. The zero-order valence-corrected chi connectivity index (χ0v) is 7.72. The van der Waals surface area contributed by atoms with E-state index in [1.54, 1.807) is 0 Å². The molecule has 0 bridgehead atoms. The highest BCUT2D eigenvalue weighted by Crippen LogP contribution is 2.07. The van der Waals surface area contributed by atoms with Crippen molar-refractivity contribution in [3.63, 3.8) is 0 Å². The van der Waals surface area contributed by atoms with E-state index in [0.717, 1.165) is 24.8 Å². The number of nitrogens with one attached hydrogen (secondary N) is 1. The van der Waals surface area contributed by atoms with Crippen molar-refractivity contribution in [1.29, 1.82) is 5.41 Å². The molecule has 3 N–H and O–H groups in total. The monoisotopic (exact) mass is 175 g/mol. The normalized spacial score (nSPS) is 9.92. The fourth-order valence-electron chi connectivity index (χ4n) is 1.22. The Balaban J connectivity index is 2.73. The summed E-state index contributed by atoms with van der Waals surface area (Å²) >= 11 is 0. The van der Waals surface area contributed by atoms with Crippen LogP contribution in [0.25, 0.3) is 0 Å². The molecule has 0 unspecified atom stereocenters. The molecule has 0 aliphatic carbocycles. The largest absolute Gasteiger partial charge is 0.384 e. The Bertz CT molecular complexity index is 292. The summed E-state index contributed by atoms with van der Waals surface area (Å²) in [6.07, 6.45) is 3.05. The van der Waals surface area contributed by atoms with Crippen LogP contribution in [-0.4, -0.2) is 5.84 Å². The molecule has 0 atom stereocenters. The number of benzene rings is 1. The fourth-order valence-corrected chi connectivity index (χ4v) is 1.22. The van der Waals surface area contributed by atoms with Crippen molar-refractivity contribution in [3.8, 4) is 0 Å². The van der Waals surface area contributed by atoms with Gasteiger partial charge in [0.2, 0.25) is 0 Å². The lowest BCUT2D eigenvalue weighted by Crippen LogP contribution is -2.11. The van der Waals surface area contributed by atoms with Crippen LogP contribution in [0.4, 0.5) is 0 Å². The Morgan fingerprint density at radius 3 is 2.85 bits per heavy atom. The maximum absolute atomic E-state index is 7.27. The first-order valence-electron chi connectivity index (χ1n) is 4.46. The summed E-state index contributed by atoms with van der Waals surface area (Å²) in [5, 5.41) is 7.27. The third-order valence-corrected chi connectivity index (χ3v) is 1.95. The summed E-state index contributed by atoms with van der Waals surface area (Å²) in [6.45, 7) is 3.79. The van der Waals surface area contributed by atoms with Crippen LogP contribution in [0, 0.1) is 12.3 Å². The quantitative estimate of drug-likeness (QED) is 0.534. The highest BCUT2D eigenvalue weighted by Gasteiger charge is 1.97. The molecular formula is C11H15N2. The van der Waals surface area contributed by atoms with E-state index in [4.69, 9.17) is 11.1 Å². The number of amidine groups is 1. The van der Waals surface area contributed by atoms with Crippen LogP contribution in [0.5, 0.6) is 0 Å². The van der Waals surface area contributed by atoms with Crippen molar-refractivity contribution in [2.45, 2.75) is 19.3 Å². The molecule has 0 aromatic heterocycles. The van der Waals surface area contributed by atoms with Gasteiger partial charge in [-0.25, -0.2) is 0 Å². The molecule has 13 heavy (non-hydrogen) atoms. The number of nitrogens with two attached hydrogens (primary N) is 1. The van der Waals surface area contributed by atoms with Crippen LogP contribution in [0.3, 0.4) is 0 Å². The van der Waals surface area contributed by atoms with E-state index >= 15 is 0 Å². The van der Waals surface area contributed by atoms with Crippen LogP contribution in [0.15, 0.2) is 24.3 Å². The van der Waals surface area contributed by atoms with Crippen LogP contribution < -0.4 is 5.73 Å². The highest BCUT2D eigenvalue weighted by molar-refractivity contribution is 5.95. The average Bonchev–Trinajstić information content (AvgIpc) is 2.15. The summed E-state index contributed by atoms with van der Waals surface area (Å²) in [6, 6.07) is 7.82. The molecular weight excluding hydrogens is 160 g/mol. The van der Waals surface area contributed by atoms with Crippen molar-refractivity contribution in [3.05, 3.63) is 42.3 Å². The van der Waals surface area contributed by atoms with Gasteiger partial charge in [-0.05, 0) is 24.5 Å². The van der Waals surface area contributed by atoms with Crippen molar-refractivity contribution < 1.29 is 0 Å². The lowest BCUT2D eigenvalue weighted by atomic mass is 10.1. The average molecular weight is 175 g/mol. The van der Waals surface area contributed by atoms with Crippen molar-refractivity contribution >= 4 is 5.84 Å². The molecule has 1 aromatic rings. The number of unbranched alkanes of at least 4 members (excludes halogenated alkanes) is 1. The van der Waals surface area contributed by atoms with E-state index in [-0.39, 0.29) is 5.84 Å². The third-order valence-electron chi connectivity index (χ3n) is 1.95. The van der Waals surface area contributed by atoms with E-state index in [1.165, 1.54) is 5.56 Å². The maximum atomic E-state index is 7.27. The van der Waals surface area contributed by atoms with Gasteiger partial charge < -0.3 is 5.73 Å². The molecule has 69 valence electrons. The Labute approximate surface area is 79.3 Å². The number of hydrogen-bond acceptors (Lipinski definition) is 1. The van der Waals surface area contributed by atoms with Gasteiger partial charge in [-0.15, -0.1) is 0 Å². The van der Waals surface area contributed by atoms with Gasteiger partial charge in [-0.1, -0.05) is 31.5 Å². The summed E-state index contributed by atoms with van der Waals surface area (Å²) in [7, 11) is 0. The maximum Gasteiger partial charge on any atom is 0.122 e. The molecule has 0 aliphatic heterocycles. The number of rotatable bonds is 4. The van der Waals surface area contributed by atoms with Gasteiger partial charge >= 0.3 is 0 Å². The number of nitrogen functional groups attached to an aromatic ring is 1. The van der Waals surface area contributed by atoms with E-state index in [0.29, 0.717) is 0 Å². The fraction of sp³-hybridized carbons (Fsp3) is 0.273. The summed E-state index contributed by atoms with van der Waals surface area (Å²) in [5.74, 6) is 0.136. The van der Waals surface area contributed by atoms with Gasteiger partial charge in [0.1, 0.15) is 5.84 Å². The van der Waals surface area contributed by atoms with Crippen LogP contribution in [0.1, 0.15) is 24.0 Å². The lowest BCUT2D eigenvalue weighted by molar-refractivity contribution is 0.840. The second-order valence-corrected chi connectivity index (χ2v) is 3.07. The van der Waals surface area contributed by atoms with Gasteiger partial charge in [-0.2, -0.15) is 0 Å². The molecule has 0 saturated heterocycles. The molecule has 0 saturated carbocycles. The first-order chi connectivity index (χ1) is 6.24. The first kappa shape index (κ1) is 9.78. The predicted octanol–water partition coefficient (Wildman–Crippen LogP) is 2.13. The minimum absolute atomic E-state index is 0.136. The minimum Gasteiger partial charge on any atom is -0.384 e. The summed E-state index contributed by atoms with van der Waals surface area (Å²) in [5.41, 5.74) is 7.42. The highest BCUT2D eigenvalue weighted by atomic mass is 14.7. The predicted molar refractivity (Wildman–Crippen MR) is 55.8 cm³/mol. The number of aryl methyl sites for hydroxylation is 1. The van der Waals surface area contributed by atoms with E-state index in [9.17, 15) is 0 Å². The Morgan fingerprint density at radius 1 is 1.46 bits per heavy atom. The van der Waals surface area contributed by atoms with Crippen molar-refractivity contribution in [2.75, 3.05) is 0 Å². The Hall–Kier alpha value is -1.31. The summed E-state index contributed by atoms with van der Waals surface area (Å²) < 4.78 is 0. The number of hydrogen-bond donors (Lipinski definition) is 2. The Morgan fingerprint density at radius 2 is 2.23 bits per heavy atom. The standard InChI is InChI=1S/C11H15N2/c1-2-3-5-9-6-4-7-10(8-9)11(12)13/h4,6-8H,1-3,5H2,(H3,12,13). The lowest BCUT2D eigenvalue weighted by Gasteiger charge is -2.02. The van der Waals surface area contributed by atoms with E-state index < -0.39 is 0 Å². The van der Waals surface area contributed by atoms with Crippen LogP contribution in [0.2, 0.25) is 0 Å². The van der Waals surface area contributed by atoms with E-state index in [2.05, 4.69) is 13.0 Å². The van der Waals surface area contributed by atoms with Crippen LogP contribution >= 0.6 is 0 Å². The molecule has 1 radical (unpaired) electrons. The van der Waals surface area contributed by atoms with Gasteiger partial charge in [0.05, 0.1) is 0 Å². The first-order valence-corrected chi connectivity index (χ1v) is 4.46. The molecule has 1 aromatic carbocycles. The topological polar surface area (TPSA) is 49.9 Å². The van der Waals surface area contributed by atoms with Gasteiger partial charge in [0.15, 0.2) is 0 Å². The molecule has 0 aliphatic rings. The van der Waals surface area contributed by atoms with Gasteiger partial charge in [0.25, 0.3) is 0 Å². The molecule has 0 fully saturated rings. The Kier molecular flexibility index (Phi) is 3.50. The zero-order chi connectivity index (χ0) is 9.68. The van der Waals surface area contributed by atoms with Gasteiger partial charge in [0, 0.05) is 5.56 Å². The molecule has 1 rings (SSSR count). The van der Waals surface area contributed by atoms with Crippen LogP contribution in [-0.2, 0) is 6.42 Å². The molecule has 0 spiro atoms. The van der Waals surface area contributed by atoms with Gasteiger partial charge in [-0.3, -0.25) is 5.41 Å². The third kappa shape index (κ3) is 2.90. The minimum atomic E-state index is 0.136. The molecule has 0 amide bonds. The molecule has 2 heteroatoms. The summed E-state index contributed by atoms with van der Waals surface area (Å²) in [4.78, 5) is 0. The molecule has 2 nitrogen and oxygen atoms in total. The van der Waals surface area contributed by atoms with Crippen molar-refractivity contribution in [2.24, 2.45) is 5.73 Å².